The van der Waals surface area contributed by atoms with Crippen molar-refractivity contribution < 1.29 is 9.90 Å². The summed E-state index contributed by atoms with van der Waals surface area (Å²) in [7, 11) is 2.06. The van der Waals surface area contributed by atoms with Crippen LogP contribution in [-0.4, -0.2) is 15.6 Å². The van der Waals surface area contributed by atoms with E-state index in [1.807, 2.05) is 13.8 Å². The zero-order chi connectivity index (χ0) is 15.2. The summed E-state index contributed by atoms with van der Waals surface area (Å²) in [6.45, 7) is 10.3. The zero-order valence-corrected chi connectivity index (χ0v) is 13.2. The molecule has 1 aromatic heterocycles. The highest BCUT2D eigenvalue weighted by Crippen LogP contribution is 2.38. The first kappa shape index (κ1) is 14.6. The Morgan fingerprint density at radius 2 is 1.85 bits per heavy atom. The van der Waals surface area contributed by atoms with Crippen molar-refractivity contribution in [2.24, 2.45) is 7.05 Å². The van der Waals surface area contributed by atoms with Gasteiger partial charge in [0.05, 0.1) is 11.9 Å². The minimum Gasteiger partial charge on any atom is -0.481 e. The van der Waals surface area contributed by atoms with E-state index in [1.165, 1.54) is 22.0 Å². The molecule has 3 heteroatoms. The van der Waals surface area contributed by atoms with E-state index in [-0.39, 0.29) is 11.8 Å². The maximum Gasteiger partial charge on any atom is 0.304 e. The van der Waals surface area contributed by atoms with Crippen molar-refractivity contribution in [2.45, 2.75) is 46.5 Å². The largest absolute Gasteiger partial charge is 0.481 e. The molecule has 1 heterocycles. The minimum atomic E-state index is -0.754. The van der Waals surface area contributed by atoms with E-state index >= 15 is 0 Å². The van der Waals surface area contributed by atoms with Gasteiger partial charge in [-0.05, 0) is 37.5 Å². The highest BCUT2D eigenvalue weighted by atomic mass is 16.4. The number of benzene rings is 1. The fourth-order valence-corrected chi connectivity index (χ4v) is 3.29. The van der Waals surface area contributed by atoms with Crippen LogP contribution in [0.25, 0.3) is 10.9 Å². The predicted molar refractivity (Wildman–Crippen MR) is 82.4 cm³/mol. The van der Waals surface area contributed by atoms with Gasteiger partial charge in [-0.3, -0.25) is 4.79 Å². The molecule has 108 valence electrons. The third-order valence-electron chi connectivity index (χ3n) is 4.44. The number of carbonyl (C=O) groups is 1. The topological polar surface area (TPSA) is 42.2 Å². The third kappa shape index (κ3) is 2.11. The molecule has 0 amide bonds. The maximum absolute atomic E-state index is 11.2. The van der Waals surface area contributed by atoms with Crippen LogP contribution in [0.2, 0.25) is 0 Å². The minimum absolute atomic E-state index is 0.139. The van der Waals surface area contributed by atoms with Gasteiger partial charge < -0.3 is 9.67 Å². The second-order valence-corrected chi connectivity index (χ2v) is 6.38. The first-order chi connectivity index (χ1) is 9.16. The van der Waals surface area contributed by atoms with Crippen molar-refractivity contribution in [1.82, 2.24) is 4.57 Å². The fourth-order valence-electron chi connectivity index (χ4n) is 3.29. The van der Waals surface area contributed by atoms with E-state index in [0.29, 0.717) is 0 Å². The monoisotopic (exact) mass is 273 g/mol. The molecule has 0 fully saturated rings. The lowest BCUT2D eigenvalue weighted by atomic mass is 9.79. The average molecular weight is 273 g/mol. The lowest BCUT2D eigenvalue weighted by Crippen LogP contribution is -2.22. The Labute approximate surface area is 120 Å². The van der Waals surface area contributed by atoms with Crippen molar-refractivity contribution in [2.75, 3.05) is 0 Å². The Bertz CT molecular complexity index is 693. The lowest BCUT2D eigenvalue weighted by molar-refractivity contribution is -0.138. The van der Waals surface area contributed by atoms with Crippen molar-refractivity contribution in [3.63, 3.8) is 0 Å². The predicted octanol–water partition coefficient (Wildman–Crippen LogP) is 3.86. The van der Waals surface area contributed by atoms with Gasteiger partial charge in [0.2, 0.25) is 0 Å². The highest BCUT2D eigenvalue weighted by Gasteiger charge is 2.30. The molecule has 0 unspecified atom stereocenters. The standard InChI is InChI=1S/C17H23NO2/c1-10-7-8-13-15(17(4,5)9-14(19)20)12(3)18(6)16(13)11(10)2/h7-8H,9H2,1-6H3,(H,19,20). The molecule has 0 aliphatic rings. The molecule has 0 radical (unpaired) electrons. The van der Waals surface area contributed by atoms with Crippen molar-refractivity contribution in [3.05, 3.63) is 34.5 Å². The number of carboxylic acids is 1. The molecule has 0 bridgehead atoms. The van der Waals surface area contributed by atoms with Crippen LogP contribution < -0.4 is 0 Å². The lowest BCUT2D eigenvalue weighted by Gasteiger charge is -2.23. The fraction of sp³-hybridized carbons (Fsp3) is 0.471. The number of carboxylic acid groups (broad SMARTS) is 1. The molecule has 0 aliphatic heterocycles. The molecule has 0 saturated carbocycles. The third-order valence-corrected chi connectivity index (χ3v) is 4.44. The summed E-state index contributed by atoms with van der Waals surface area (Å²) in [5.74, 6) is -0.754. The average Bonchev–Trinajstić information content (AvgIpc) is 2.56. The summed E-state index contributed by atoms with van der Waals surface area (Å²) in [5, 5.41) is 10.4. The van der Waals surface area contributed by atoms with Gasteiger partial charge in [-0.1, -0.05) is 26.0 Å². The van der Waals surface area contributed by atoms with Crippen LogP contribution in [0.1, 0.15) is 42.7 Å². The van der Waals surface area contributed by atoms with E-state index in [0.717, 1.165) is 11.3 Å². The molecule has 0 aliphatic carbocycles. The van der Waals surface area contributed by atoms with E-state index in [4.69, 9.17) is 0 Å². The van der Waals surface area contributed by atoms with Crippen LogP contribution in [0.3, 0.4) is 0 Å². The quantitative estimate of drug-likeness (QED) is 0.922. The summed E-state index contributed by atoms with van der Waals surface area (Å²) in [4.78, 5) is 11.2. The van der Waals surface area contributed by atoms with Crippen LogP contribution in [0.5, 0.6) is 0 Å². The van der Waals surface area contributed by atoms with Gasteiger partial charge >= 0.3 is 5.97 Å². The summed E-state index contributed by atoms with van der Waals surface area (Å²) in [6.07, 6.45) is 0.139. The number of hydrogen-bond acceptors (Lipinski definition) is 1. The highest BCUT2D eigenvalue weighted by molar-refractivity contribution is 5.90. The molecule has 1 aromatic carbocycles. The van der Waals surface area contributed by atoms with Gasteiger partial charge in [0.25, 0.3) is 0 Å². The van der Waals surface area contributed by atoms with Crippen LogP contribution in [-0.2, 0) is 17.3 Å². The number of aromatic nitrogens is 1. The smallest absolute Gasteiger partial charge is 0.304 e. The van der Waals surface area contributed by atoms with E-state index in [9.17, 15) is 9.90 Å². The van der Waals surface area contributed by atoms with Gasteiger partial charge in [0.1, 0.15) is 0 Å². The molecule has 0 atom stereocenters. The normalized spacial score (nSPS) is 12.1. The molecule has 2 rings (SSSR count). The molecule has 2 aromatic rings. The van der Waals surface area contributed by atoms with Gasteiger partial charge in [0, 0.05) is 23.5 Å². The molecular formula is C17H23NO2. The molecule has 20 heavy (non-hydrogen) atoms. The molecule has 0 spiro atoms. The number of aryl methyl sites for hydroxylation is 3. The van der Waals surface area contributed by atoms with Crippen LogP contribution in [0.4, 0.5) is 0 Å². The number of nitrogens with zero attached hydrogens (tertiary/aromatic N) is 1. The SMILES string of the molecule is Cc1ccc2c(C(C)(C)CC(=O)O)c(C)n(C)c2c1C. The van der Waals surface area contributed by atoms with Crippen LogP contribution in [0, 0.1) is 20.8 Å². The molecule has 1 N–H and O–H groups in total. The van der Waals surface area contributed by atoms with Gasteiger partial charge in [-0.15, -0.1) is 0 Å². The second kappa shape index (κ2) is 4.65. The summed E-state index contributed by atoms with van der Waals surface area (Å²) in [5.41, 5.74) is 5.68. The first-order valence-electron chi connectivity index (χ1n) is 6.94. The Morgan fingerprint density at radius 3 is 2.40 bits per heavy atom. The summed E-state index contributed by atoms with van der Waals surface area (Å²) < 4.78 is 2.19. The Morgan fingerprint density at radius 1 is 1.25 bits per heavy atom. The maximum atomic E-state index is 11.2. The second-order valence-electron chi connectivity index (χ2n) is 6.38. The Hall–Kier alpha value is -1.77. The molecule has 0 saturated heterocycles. The first-order valence-corrected chi connectivity index (χ1v) is 6.94. The van der Waals surface area contributed by atoms with Crippen molar-refractivity contribution in [1.29, 1.82) is 0 Å². The summed E-state index contributed by atoms with van der Waals surface area (Å²) >= 11 is 0. The number of rotatable bonds is 3. The van der Waals surface area contributed by atoms with Crippen LogP contribution in [0.15, 0.2) is 12.1 Å². The number of hydrogen-bond donors (Lipinski definition) is 1. The van der Waals surface area contributed by atoms with Gasteiger partial charge in [-0.25, -0.2) is 0 Å². The Kier molecular flexibility index (Phi) is 3.41. The van der Waals surface area contributed by atoms with Gasteiger partial charge in [0.15, 0.2) is 0 Å². The number of aliphatic carboxylic acids is 1. The van der Waals surface area contributed by atoms with Crippen LogP contribution >= 0.6 is 0 Å². The zero-order valence-electron chi connectivity index (χ0n) is 13.2. The Balaban J connectivity index is 2.81. The van der Waals surface area contributed by atoms with E-state index < -0.39 is 5.97 Å². The molecular weight excluding hydrogens is 250 g/mol. The summed E-state index contributed by atoms with van der Waals surface area (Å²) in [6, 6.07) is 4.25. The van der Waals surface area contributed by atoms with E-state index in [2.05, 4.69) is 44.5 Å². The van der Waals surface area contributed by atoms with Gasteiger partial charge in [-0.2, -0.15) is 0 Å². The van der Waals surface area contributed by atoms with Crippen molar-refractivity contribution >= 4 is 16.9 Å². The van der Waals surface area contributed by atoms with Crippen molar-refractivity contribution in [3.8, 4) is 0 Å². The molecule has 3 nitrogen and oxygen atoms in total. The number of fused-ring (bicyclic) bond motifs is 1. The van der Waals surface area contributed by atoms with E-state index in [1.54, 1.807) is 0 Å².